The molecule has 0 bridgehead atoms. The Hall–Kier alpha value is -5.72. The number of phenols is 4. The summed E-state index contributed by atoms with van der Waals surface area (Å²) in [7, 11) is 1.69. The third-order valence-electron chi connectivity index (χ3n) is 28.0. The molecule has 6 nitrogen and oxygen atoms in total. The van der Waals surface area contributed by atoms with Gasteiger partial charge in [-0.3, -0.25) is 0 Å². The summed E-state index contributed by atoms with van der Waals surface area (Å²) in [5.74, 6) is 4.82. The van der Waals surface area contributed by atoms with Crippen LogP contribution in [0.3, 0.4) is 0 Å². The van der Waals surface area contributed by atoms with Gasteiger partial charge in [0.25, 0.3) is 0 Å². The van der Waals surface area contributed by atoms with Crippen LogP contribution in [0.1, 0.15) is 535 Å². The van der Waals surface area contributed by atoms with E-state index in [0.717, 1.165) is 69.9 Å². The van der Waals surface area contributed by atoms with Crippen molar-refractivity contribution in [2.75, 3.05) is 13.7 Å². The van der Waals surface area contributed by atoms with Gasteiger partial charge in [0.1, 0.15) is 28.7 Å². The van der Waals surface area contributed by atoms with Crippen molar-refractivity contribution in [2.24, 2.45) is 0 Å². The lowest BCUT2D eigenvalue weighted by Gasteiger charge is -2.30. The number of aryl methyl sites for hydroxylation is 3. The van der Waals surface area contributed by atoms with Gasteiger partial charge in [-0.15, -0.1) is 0 Å². The molecule has 3 aliphatic rings. The van der Waals surface area contributed by atoms with Gasteiger partial charge in [0.05, 0.1) is 13.2 Å². The van der Waals surface area contributed by atoms with E-state index < -0.39 is 0 Å². The lowest BCUT2D eigenvalue weighted by Crippen LogP contribution is -2.18. The molecule has 6 aromatic rings. The SMILES string of the molecule is CCCCCCCCCCCCCCCCCCOc1cc(-c2ccccc2)c(O)c(-c2ccccc2)c1.CCCCCCCCCCCCCCCCCCc1cc(C)cc(CCCCCCCCCCCCCCCCCC)c1O.COCc1cc(C(C)(C)C)c(O)c(C(C)(C)C)c1.Oc1c(C2CCCCC2)cc(C2CCCCC2)cc1C1CCCCC1. The highest BCUT2D eigenvalue weighted by molar-refractivity contribution is 5.83. The van der Waals surface area contributed by atoms with Gasteiger partial charge in [0.15, 0.2) is 0 Å². The van der Waals surface area contributed by atoms with Crippen molar-refractivity contribution in [3.8, 4) is 51.0 Å². The molecule has 0 heterocycles. The standard InChI is InChI=1S/C43H80O.C36H50O2.C24H36O.C16H26O2/c1-4-6-8-10-12-14-16-18-20-22-24-26-28-30-32-34-36-41-38-40(3)39-42(43(41)44)37-35-33-31-29-27-25-23-21-19-17-15-13-11-9-7-5-2;1-2-3-4-5-6-7-8-9-10-11-12-13-14-15-16-23-28-38-33-29-34(31-24-19-17-20-25-31)36(37)35(30-33)32-26-21-18-22-27-32;25-24-22(19-12-6-2-7-13-19)16-21(18-10-4-1-5-11-18)17-23(24)20-14-8-3-9-15-20;1-15(2,3)12-8-11(10-18-7)9-13(14(12)17)16(4,5)6/h38-39,44H,4-37H2,1-3H3;17-22,24-27,29-30,37H,2-16,23,28H2,1H3;16-20,25H,1-15H2;8-9,17H,10H2,1-7H3. The second kappa shape index (κ2) is 66.6. The van der Waals surface area contributed by atoms with Crippen molar-refractivity contribution in [1.82, 2.24) is 0 Å². The lowest BCUT2D eigenvalue weighted by molar-refractivity contribution is 0.184. The molecular formula is C119H192O6. The maximum atomic E-state index is 11.2. The Morgan fingerprint density at radius 2 is 0.592 bits per heavy atom. The molecule has 0 radical (unpaired) electrons. The monoisotopic (exact) mass is 1720 g/mol. The van der Waals surface area contributed by atoms with Gasteiger partial charge in [-0.2, -0.15) is 0 Å². The Morgan fingerprint density at radius 3 is 0.888 bits per heavy atom. The zero-order chi connectivity index (χ0) is 89.6. The molecule has 0 unspecified atom stereocenters. The second-order valence-electron chi connectivity index (χ2n) is 41.3. The van der Waals surface area contributed by atoms with Crippen molar-refractivity contribution in [3.63, 3.8) is 0 Å². The molecule has 125 heavy (non-hydrogen) atoms. The third kappa shape index (κ3) is 45.1. The fourth-order valence-corrected chi connectivity index (χ4v) is 20.2. The minimum atomic E-state index is -0.0756. The first-order chi connectivity index (χ1) is 60.9. The molecule has 0 amide bonds. The molecule has 3 aliphatic carbocycles. The van der Waals surface area contributed by atoms with Crippen molar-refractivity contribution in [1.29, 1.82) is 0 Å². The van der Waals surface area contributed by atoms with Crippen LogP contribution in [0, 0.1) is 6.92 Å². The molecule has 6 heteroatoms. The van der Waals surface area contributed by atoms with Gasteiger partial charge in [0.2, 0.25) is 0 Å². The van der Waals surface area contributed by atoms with Crippen LogP contribution < -0.4 is 4.74 Å². The van der Waals surface area contributed by atoms with Crippen molar-refractivity contribution in [2.45, 2.75) is 522 Å². The van der Waals surface area contributed by atoms with E-state index in [1.54, 1.807) is 12.7 Å². The van der Waals surface area contributed by atoms with Crippen molar-refractivity contribution in [3.05, 3.63) is 159 Å². The van der Waals surface area contributed by atoms with Gasteiger partial charge in [0, 0.05) is 18.2 Å². The minimum absolute atomic E-state index is 0.0756. The fourth-order valence-electron chi connectivity index (χ4n) is 20.2. The van der Waals surface area contributed by atoms with Gasteiger partial charge in [-0.1, -0.05) is 500 Å². The normalized spacial score (nSPS) is 14.2. The first kappa shape index (κ1) is 108. The highest BCUT2D eigenvalue weighted by atomic mass is 16.5. The lowest BCUT2D eigenvalue weighted by atomic mass is 9.75. The average Bonchev–Trinajstić information content (AvgIpc) is 0.783. The van der Waals surface area contributed by atoms with Gasteiger partial charge >= 0.3 is 0 Å². The summed E-state index contributed by atoms with van der Waals surface area (Å²) in [5.41, 5.74) is 14.5. The van der Waals surface area contributed by atoms with E-state index in [1.807, 2.05) is 84.9 Å². The molecule has 0 spiro atoms. The largest absolute Gasteiger partial charge is 0.507 e. The van der Waals surface area contributed by atoms with Crippen LogP contribution in [0.4, 0.5) is 0 Å². The first-order valence-electron chi connectivity index (χ1n) is 53.5. The predicted octanol–water partition coefficient (Wildman–Crippen LogP) is 38.3. The van der Waals surface area contributed by atoms with Crippen LogP contribution in [-0.4, -0.2) is 34.1 Å². The molecule has 3 fully saturated rings. The summed E-state index contributed by atoms with van der Waals surface area (Å²) >= 11 is 0. The summed E-state index contributed by atoms with van der Waals surface area (Å²) in [5, 5.41) is 43.8. The van der Waals surface area contributed by atoms with E-state index in [1.165, 1.54) is 426 Å². The Morgan fingerprint density at radius 1 is 0.304 bits per heavy atom. The van der Waals surface area contributed by atoms with E-state index in [2.05, 4.69) is 93.5 Å². The second-order valence-corrected chi connectivity index (χ2v) is 41.3. The minimum Gasteiger partial charge on any atom is -0.507 e. The maximum absolute atomic E-state index is 11.2. The number of unbranched alkanes of at least 4 members (excludes halogenated alkanes) is 45. The number of benzene rings is 6. The average molecular weight is 1720 g/mol. The summed E-state index contributed by atoms with van der Waals surface area (Å²) in [6, 6.07) is 37.5. The number of phenolic OH excluding ortho intramolecular Hbond substituents is 4. The fraction of sp³-hybridized carbons (Fsp3) is 0.697. The Kier molecular flexibility index (Phi) is 57.6. The topological polar surface area (TPSA) is 99.4 Å². The molecule has 9 rings (SSSR count). The molecule has 704 valence electrons. The van der Waals surface area contributed by atoms with Crippen LogP contribution in [0.2, 0.25) is 0 Å². The van der Waals surface area contributed by atoms with E-state index in [-0.39, 0.29) is 10.8 Å². The third-order valence-corrected chi connectivity index (χ3v) is 28.0. The smallest absolute Gasteiger partial charge is 0.131 e. The maximum Gasteiger partial charge on any atom is 0.131 e. The zero-order valence-corrected chi connectivity index (χ0v) is 83.1. The van der Waals surface area contributed by atoms with Crippen molar-refractivity contribution >= 4 is 0 Å². The van der Waals surface area contributed by atoms with Gasteiger partial charge in [-0.25, -0.2) is 0 Å². The van der Waals surface area contributed by atoms with E-state index in [4.69, 9.17) is 9.47 Å². The summed E-state index contributed by atoms with van der Waals surface area (Å²) in [6.07, 6.45) is 89.2. The highest BCUT2D eigenvalue weighted by Crippen LogP contribution is 2.48. The van der Waals surface area contributed by atoms with E-state index >= 15 is 0 Å². The summed E-state index contributed by atoms with van der Waals surface area (Å²) in [4.78, 5) is 0. The predicted molar refractivity (Wildman–Crippen MR) is 545 cm³/mol. The number of rotatable bonds is 59. The van der Waals surface area contributed by atoms with E-state index in [9.17, 15) is 20.4 Å². The molecular weight excluding hydrogens is 1530 g/mol. The van der Waals surface area contributed by atoms with Gasteiger partial charge < -0.3 is 29.9 Å². The zero-order valence-electron chi connectivity index (χ0n) is 83.1. The number of hydrogen-bond donors (Lipinski definition) is 4. The number of hydrogen-bond acceptors (Lipinski definition) is 6. The Balaban J connectivity index is 0.000000270. The number of methoxy groups -OCH3 is 1. The van der Waals surface area contributed by atoms with Crippen LogP contribution >= 0.6 is 0 Å². The quantitative estimate of drug-likeness (QED) is 0.0284. The summed E-state index contributed by atoms with van der Waals surface area (Å²) in [6.45, 7) is 23.1. The van der Waals surface area contributed by atoms with Crippen LogP contribution in [0.25, 0.3) is 22.3 Å². The number of ether oxygens (including phenoxy) is 2. The Bertz CT molecular complexity index is 3440. The first-order valence-corrected chi connectivity index (χ1v) is 53.5. The van der Waals surface area contributed by atoms with Gasteiger partial charge in [-0.05, 0) is 186 Å². The van der Waals surface area contributed by atoms with Crippen LogP contribution in [0.15, 0.2) is 109 Å². The van der Waals surface area contributed by atoms with E-state index in [0.29, 0.717) is 48.0 Å². The molecule has 0 aliphatic heterocycles. The number of aromatic hydroxyl groups is 4. The highest BCUT2D eigenvalue weighted by Gasteiger charge is 2.30. The molecule has 4 N–H and O–H groups in total. The van der Waals surface area contributed by atoms with Crippen LogP contribution in [-0.2, 0) is 35.0 Å². The summed E-state index contributed by atoms with van der Waals surface area (Å²) < 4.78 is 11.4. The molecule has 3 saturated carbocycles. The Labute approximate surface area is 770 Å². The molecule has 0 atom stereocenters. The molecule has 0 aromatic heterocycles. The molecule has 0 saturated heterocycles. The van der Waals surface area contributed by atoms with Crippen LogP contribution in [0.5, 0.6) is 28.7 Å². The molecule has 6 aromatic carbocycles. The van der Waals surface area contributed by atoms with Crippen molar-refractivity contribution < 1.29 is 29.9 Å².